The minimum Gasteiger partial charge on any atom is -0.508 e. The maximum absolute atomic E-state index is 12.4. The van der Waals surface area contributed by atoms with Crippen LogP contribution in [0.25, 0.3) is 0 Å². The number of piperazine rings is 1. The van der Waals surface area contributed by atoms with E-state index in [1.165, 1.54) is 16.8 Å². The van der Waals surface area contributed by atoms with E-state index in [-0.39, 0.29) is 17.2 Å². The minimum atomic E-state index is -0.353. The number of hydrogen-bond donors (Lipinski definition) is 2. The van der Waals surface area contributed by atoms with Crippen LogP contribution in [0.4, 0.5) is 5.69 Å². The first kappa shape index (κ1) is 21.3. The molecule has 3 rings (SSSR count). The predicted molar refractivity (Wildman–Crippen MR) is 118 cm³/mol. The van der Waals surface area contributed by atoms with Gasteiger partial charge in [-0.1, -0.05) is 24.3 Å². The number of phenols is 1. The lowest BCUT2D eigenvalue weighted by Gasteiger charge is -2.36. The second-order valence-electron chi connectivity index (χ2n) is 7.57. The first-order valence-corrected chi connectivity index (χ1v) is 10.2. The van der Waals surface area contributed by atoms with Crippen molar-refractivity contribution in [2.24, 2.45) is 0 Å². The molecule has 1 saturated heterocycles. The summed E-state index contributed by atoms with van der Waals surface area (Å²) in [6, 6.07) is 15.3. The SMILES string of the molecule is Cc1cccc(N2CCN(/C=C(/C#N)C(=O)NCCc3ccc(O)cc3)CC2)c1C. The third-order valence-corrected chi connectivity index (χ3v) is 5.54. The van der Waals surface area contributed by atoms with Gasteiger partial charge in [-0.05, 0) is 55.2 Å². The second-order valence-corrected chi connectivity index (χ2v) is 7.57. The van der Waals surface area contributed by atoms with Crippen molar-refractivity contribution in [3.63, 3.8) is 0 Å². The summed E-state index contributed by atoms with van der Waals surface area (Å²) >= 11 is 0. The smallest absolute Gasteiger partial charge is 0.263 e. The number of phenolic OH excluding ortho intramolecular Hbond substituents is 1. The average molecular weight is 405 g/mol. The van der Waals surface area contributed by atoms with Crippen molar-refractivity contribution in [1.82, 2.24) is 10.2 Å². The molecule has 30 heavy (non-hydrogen) atoms. The van der Waals surface area contributed by atoms with Crippen LogP contribution in [-0.4, -0.2) is 48.6 Å². The fourth-order valence-corrected chi connectivity index (χ4v) is 3.57. The average Bonchev–Trinajstić information content (AvgIpc) is 2.76. The number of amides is 1. The van der Waals surface area contributed by atoms with Crippen molar-refractivity contribution < 1.29 is 9.90 Å². The van der Waals surface area contributed by atoms with Crippen LogP contribution in [0.5, 0.6) is 5.75 Å². The van der Waals surface area contributed by atoms with Crippen LogP contribution < -0.4 is 10.2 Å². The van der Waals surface area contributed by atoms with Crippen LogP contribution in [0.1, 0.15) is 16.7 Å². The molecule has 1 fully saturated rings. The molecular weight excluding hydrogens is 376 g/mol. The van der Waals surface area contributed by atoms with Gasteiger partial charge in [-0.3, -0.25) is 4.79 Å². The van der Waals surface area contributed by atoms with Gasteiger partial charge in [0.25, 0.3) is 5.91 Å². The molecule has 0 atom stereocenters. The summed E-state index contributed by atoms with van der Waals surface area (Å²) in [5.74, 6) is -0.136. The number of aryl methyl sites for hydroxylation is 1. The molecule has 0 aromatic heterocycles. The number of nitrogens with one attached hydrogen (secondary N) is 1. The Bertz CT molecular complexity index is 952. The van der Waals surface area contributed by atoms with Crippen molar-refractivity contribution >= 4 is 11.6 Å². The molecule has 6 nitrogen and oxygen atoms in total. The fraction of sp³-hybridized carbons (Fsp3) is 0.333. The summed E-state index contributed by atoms with van der Waals surface area (Å²) in [6.45, 7) is 7.93. The largest absolute Gasteiger partial charge is 0.508 e. The molecular formula is C24H28N4O2. The number of anilines is 1. The number of nitrogens with zero attached hydrogens (tertiary/aromatic N) is 3. The van der Waals surface area contributed by atoms with Crippen LogP contribution >= 0.6 is 0 Å². The van der Waals surface area contributed by atoms with Gasteiger partial charge in [0.2, 0.25) is 0 Å². The van der Waals surface area contributed by atoms with E-state index in [1.54, 1.807) is 18.3 Å². The minimum absolute atomic E-state index is 0.126. The van der Waals surface area contributed by atoms with Crippen LogP contribution in [0.3, 0.4) is 0 Å². The van der Waals surface area contributed by atoms with E-state index in [4.69, 9.17) is 0 Å². The normalized spacial score (nSPS) is 14.4. The molecule has 0 spiro atoms. The van der Waals surface area contributed by atoms with Gasteiger partial charge in [-0.2, -0.15) is 5.26 Å². The van der Waals surface area contributed by atoms with Crippen molar-refractivity contribution in [2.45, 2.75) is 20.3 Å². The van der Waals surface area contributed by atoms with Gasteiger partial charge in [-0.15, -0.1) is 0 Å². The molecule has 2 N–H and O–H groups in total. The molecule has 0 radical (unpaired) electrons. The van der Waals surface area contributed by atoms with Crippen LogP contribution in [0.15, 0.2) is 54.2 Å². The number of aromatic hydroxyl groups is 1. The molecule has 0 aliphatic carbocycles. The van der Waals surface area contributed by atoms with Gasteiger partial charge in [0.15, 0.2) is 0 Å². The maximum Gasteiger partial charge on any atom is 0.263 e. The molecule has 2 aromatic carbocycles. The van der Waals surface area contributed by atoms with E-state index >= 15 is 0 Å². The Morgan fingerprint density at radius 2 is 1.83 bits per heavy atom. The summed E-state index contributed by atoms with van der Waals surface area (Å²) in [7, 11) is 0. The molecule has 0 bridgehead atoms. The summed E-state index contributed by atoms with van der Waals surface area (Å²) in [5.41, 5.74) is 4.97. The number of nitriles is 1. The quantitative estimate of drug-likeness (QED) is 0.572. The summed E-state index contributed by atoms with van der Waals surface area (Å²) in [5, 5.41) is 21.5. The van der Waals surface area contributed by atoms with Gasteiger partial charge >= 0.3 is 0 Å². The van der Waals surface area contributed by atoms with E-state index in [1.807, 2.05) is 23.1 Å². The standard InChI is InChI=1S/C24H28N4O2/c1-18-4-3-5-23(19(18)2)28-14-12-27(13-15-28)17-21(16-25)24(30)26-11-10-20-6-8-22(29)9-7-20/h3-9,17,29H,10-15H2,1-2H3,(H,26,30)/b21-17-. The third kappa shape index (κ3) is 5.32. The third-order valence-electron chi connectivity index (χ3n) is 5.54. The van der Waals surface area contributed by atoms with Crippen LogP contribution in [0.2, 0.25) is 0 Å². The van der Waals surface area contributed by atoms with Gasteiger partial charge in [-0.25, -0.2) is 0 Å². The van der Waals surface area contributed by atoms with Crippen LogP contribution in [0, 0.1) is 25.2 Å². The molecule has 0 unspecified atom stereocenters. The topological polar surface area (TPSA) is 79.6 Å². The molecule has 1 aliphatic rings. The highest BCUT2D eigenvalue weighted by Gasteiger charge is 2.19. The molecule has 6 heteroatoms. The van der Waals surface area contributed by atoms with Gasteiger partial charge in [0.05, 0.1) is 0 Å². The number of rotatable bonds is 6. The zero-order chi connectivity index (χ0) is 21.5. The van der Waals surface area contributed by atoms with E-state index in [0.29, 0.717) is 13.0 Å². The van der Waals surface area contributed by atoms with Crippen molar-refractivity contribution in [1.29, 1.82) is 5.26 Å². The highest BCUT2D eigenvalue weighted by molar-refractivity contribution is 5.97. The number of carbonyl (C=O) groups excluding carboxylic acids is 1. The number of carbonyl (C=O) groups is 1. The lowest BCUT2D eigenvalue weighted by atomic mass is 10.1. The number of benzene rings is 2. The second kappa shape index (κ2) is 9.84. The summed E-state index contributed by atoms with van der Waals surface area (Å²) < 4.78 is 0. The molecule has 1 aliphatic heterocycles. The van der Waals surface area contributed by atoms with E-state index in [0.717, 1.165) is 31.7 Å². The van der Waals surface area contributed by atoms with E-state index < -0.39 is 0 Å². The van der Waals surface area contributed by atoms with E-state index in [2.05, 4.69) is 42.3 Å². The Morgan fingerprint density at radius 1 is 1.13 bits per heavy atom. The van der Waals surface area contributed by atoms with Crippen molar-refractivity contribution in [3.05, 3.63) is 70.9 Å². The Balaban J connectivity index is 1.52. The van der Waals surface area contributed by atoms with Gasteiger partial charge in [0, 0.05) is 44.6 Å². The van der Waals surface area contributed by atoms with Crippen molar-refractivity contribution in [3.8, 4) is 11.8 Å². The lowest BCUT2D eigenvalue weighted by molar-refractivity contribution is -0.117. The molecule has 1 heterocycles. The van der Waals surface area contributed by atoms with E-state index in [9.17, 15) is 15.2 Å². The highest BCUT2D eigenvalue weighted by atomic mass is 16.3. The Labute approximate surface area is 178 Å². The lowest BCUT2D eigenvalue weighted by Crippen LogP contribution is -2.44. The Kier molecular flexibility index (Phi) is 6.97. The first-order valence-electron chi connectivity index (χ1n) is 10.2. The van der Waals surface area contributed by atoms with Crippen LogP contribution in [-0.2, 0) is 11.2 Å². The monoisotopic (exact) mass is 404 g/mol. The first-order chi connectivity index (χ1) is 14.5. The summed E-state index contributed by atoms with van der Waals surface area (Å²) in [4.78, 5) is 16.8. The van der Waals surface area contributed by atoms with Crippen molar-refractivity contribution in [2.75, 3.05) is 37.6 Å². The fourth-order valence-electron chi connectivity index (χ4n) is 3.57. The highest BCUT2D eigenvalue weighted by Crippen LogP contribution is 2.24. The zero-order valence-electron chi connectivity index (χ0n) is 17.6. The molecule has 1 amide bonds. The summed E-state index contributed by atoms with van der Waals surface area (Å²) in [6.07, 6.45) is 2.32. The maximum atomic E-state index is 12.4. The van der Waals surface area contributed by atoms with Gasteiger partial charge in [0.1, 0.15) is 17.4 Å². The molecule has 2 aromatic rings. The number of hydrogen-bond acceptors (Lipinski definition) is 5. The Morgan fingerprint density at radius 3 is 2.50 bits per heavy atom. The zero-order valence-corrected chi connectivity index (χ0v) is 17.6. The molecule has 156 valence electrons. The Hall–Kier alpha value is -3.46. The molecule has 0 saturated carbocycles. The predicted octanol–water partition coefficient (Wildman–Crippen LogP) is 2.90. The van der Waals surface area contributed by atoms with Gasteiger partial charge < -0.3 is 20.2 Å².